The predicted octanol–water partition coefficient (Wildman–Crippen LogP) is 1.79. The fraction of sp³-hybridized carbons (Fsp3) is 0.833. The quantitative estimate of drug-likeness (QED) is 0.859. The first kappa shape index (κ1) is 14.9. The molecular formula is C12H22N4OS2. The first-order valence-corrected chi connectivity index (χ1v) is 7.85. The summed E-state index contributed by atoms with van der Waals surface area (Å²) in [6.07, 6.45) is 1.91. The predicted molar refractivity (Wildman–Crippen MR) is 81.2 cm³/mol. The van der Waals surface area contributed by atoms with Crippen LogP contribution in [-0.4, -0.2) is 53.1 Å². The molecular weight excluding hydrogens is 280 g/mol. The summed E-state index contributed by atoms with van der Waals surface area (Å²) in [7, 11) is 3.96. The van der Waals surface area contributed by atoms with E-state index in [1.807, 2.05) is 30.6 Å². The lowest BCUT2D eigenvalue weighted by atomic mass is 9.92. The van der Waals surface area contributed by atoms with E-state index < -0.39 is 0 Å². The molecule has 1 aliphatic rings. The van der Waals surface area contributed by atoms with E-state index in [2.05, 4.69) is 10.00 Å². The number of aromatic nitrogens is 2. The monoisotopic (exact) mass is 302 g/mol. The molecule has 1 aliphatic heterocycles. The van der Waals surface area contributed by atoms with Gasteiger partial charge in [-0.05, 0) is 37.9 Å². The topological polar surface area (TPSA) is 44.5 Å². The lowest BCUT2D eigenvalue weighted by molar-refractivity contribution is 0.0593. The zero-order valence-corrected chi connectivity index (χ0v) is 13.4. The average molecular weight is 302 g/mol. The van der Waals surface area contributed by atoms with Gasteiger partial charge in [0.15, 0.2) is 3.95 Å². The number of piperidine rings is 1. The fourth-order valence-electron chi connectivity index (χ4n) is 2.33. The molecule has 1 aromatic heterocycles. The van der Waals surface area contributed by atoms with E-state index >= 15 is 0 Å². The third-order valence-electron chi connectivity index (χ3n) is 3.63. The van der Waals surface area contributed by atoms with Gasteiger partial charge in [0, 0.05) is 27.2 Å². The molecule has 0 spiro atoms. The Morgan fingerprint density at radius 1 is 1.47 bits per heavy atom. The molecule has 19 heavy (non-hydrogen) atoms. The second-order valence-corrected chi connectivity index (χ2v) is 6.98. The SMILES string of the molecule is CC(O)C1CCN(Cn2nc(N(C)C)sc2=S)CC1. The molecule has 1 unspecified atom stereocenters. The molecule has 1 fully saturated rings. The van der Waals surface area contributed by atoms with Crippen molar-refractivity contribution >= 4 is 28.7 Å². The van der Waals surface area contributed by atoms with Crippen molar-refractivity contribution in [1.82, 2.24) is 14.7 Å². The molecule has 1 atom stereocenters. The Bertz CT molecular complexity index is 461. The van der Waals surface area contributed by atoms with Crippen LogP contribution < -0.4 is 4.90 Å². The summed E-state index contributed by atoms with van der Waals surface area (Å²) >= 11 is 6.89. The molecule has 0 bridgehead atoms. The number of rotatable bonds is 4. The summed E-state index contributed by atoms with van der Waals surface area (Å²) in [6.45, 7) is 4.66. The van der Waals surface area contributed by atoms with Gasteiger partial charge in [0.2, 0.25) is 5.13 Å². The Kier molecular flexibility index (Phi) is 4.94. The van der Waals surface area contributed by atoms with Gasteiger partial charge in [0.1, 0.15) is 0 Å². The van der Waals surface area contributed by atoms with Gasteiger partial charge >= 0.3 is 0 Å². The molecule has 0 radical (unpaired) electrons. The van der Waals surface area contributed by atoms with E-state index in [1.165, 1.54) is 0 Å². The van der Waals surface area contributed by atoms with Crippen molar-refractivity contribution in [3.63, 3.8) is 0 Å². The molecule has 1 N–H and O–H groups in total. The molecule has 2 rings (SSSR count). The number of aliphatic hydroxyl groups excluding tert-OH is 1. The highest BCUT2D eigenvalue weighted by molar-refractivity contribution is 7.73. The molecule has 0 aromatic carbocycles. The van der Waals surface area contributed by atoms with Crippen LogP contribution in [0.1, 0.15) is 19.8 Å². The fourth-order valence-corrected chi connectivity index (χ4v) is 3.34. The van der Waals surface area contributed by atoms with Gasteiger partial charge in [0.05, 0.1) is 12.8 Å². The minimum atomic E-state index is -0.191. The molecule has 1 aromatic rings. The van der Waals surface area contributed by atoms with Crippen LogP contribution in [-0.2, 0) is 6.67 Å². The Morgan fingerprint density at radius 3 is 2.58 bits per heavy atom. The van der Waals surface area contributed by atoms with Crippen LogP contribution in [0.4, 0.5) is 5.13 Å². The highest BCUT2D eigenvalue weighted by atomic mass is 32.1. The van der Waals surface area contributed by atoms with E-state index in [-0.39, 0.29) is 6.10 Å². The van der Waals surface area contributed by atoms with E-state index in [1.54, 1.807) is 11.3 Å². The summed E-state index contributed by atoms with van der Waals surface area (Å²) in [5.74, 6) is 0.442. The minimum absolute atomic E-state index is 0.191. The summed E-state index contributed by atoms with van der Waals surface area (Å²) in [5.41, 5.74) is 0. The summed E-state index contributed by atoms with van der Waals surface area (Å²) < 4.78 is 2.72. The second kappa shape index (κ2) is 6.30. The zero-order valence-electron chi connectivity index (χ0n) is 11.7. The van der Waals surface area contributed by atoms with Crippen molar-refractivity contribution in [2.45, 2.75) is 32.5 Å². The van der Waals surface area contributed by atoms with Crippen molar-refractivity contribution in [3.05, 3.63) is 3.95 Å². The van der Waals surface area contributed by atoms with Crippen LogP contribution in [0.25, 0.3) is 0 Å². The van der Waals surface area contributed by atoms with Gasteiger partial charge in [-0.25, -0.2) is 4.68 Å². The maximum Gasteiger partial charge on any atom is 0.206 e. The van der Waals surface area contributed by atoms with E-state index in [0.717, 1.165) is 41.7 Å². The molecule has 0 aliphatic carbocycles. The molecule has 1 saturated heterocycles. The number of hydrogen-bond acceptors (Lipinski definition) is 6. The highest BCUT2D eigenvalue weighted by Crippen LogP contribution is 2.22. The summed E-state index contributed by atoms with van der Waals surface area (Å²) in [4.78, 5) is 4.34. The molecule has 108 valence electrons. The maximum atomic E-state index is 9.61. The van der Waals surface area contributed by atoms with Gasteiger partial charge in [-0.3, -0.25) is 4.90 Å². The molecule has 0 saturated carbocycles. The van der Waals surface area contributed by atoms with Crippen LogP contribution in [0, 0.1) is 9.87 Å². The van der Waals surface area contributed by atoms with Crippen molar-refractivity contribution in [2.24, 2.45) is 5.92 Å². The van der Waals surface area contributed by atoms with E-state index in [0.29, 0.717) is 5.92 Å². The Labute approximate surface area is 123 Å². The Hall–Kier alpha value is -0.500. The lowest BCUT2D eigenvalue weighted by Crippen LogP contribution is -2.38. The minimum Gasteiger partial charge on any atom is -0.393 e. The van der Waals surface area contributed by atoms with Crippen LogP contribution in [0.2, 0.25) is 0 Å². The molecule has 7 heteroatoms. The maximum absolute atomic E-state index is 9.61. The first-order chi connectivity index (χ1) is 8.97. The van der Waals surface area contributed by atoms with E-state index in [4.69, 9.17) is 12.2 Å². The first-order valence-electron chi connectivity index (χ1n) is 6.63. The third kappa shape index (κ3) is 3.75. The zero-order chi connectivity index (χ0) is 14.0. The van der Waals surface area contributed by atoms with Crippen molar-refractivity contribution in [3.8, 4) is 0 Å². The van der Waals surface area contributed by atoms with Gasteiger partial charge in [-0.15, -0.1) is 5.10 Å². The van der Waals surface area contributed by atoms with Crippen LogP contribution in [0.5, 0.6) is 0 Å². The lowest BCUT2D eigenvalue weighted by Gasteiger charge is -2.32. The van der Waals surface area contributed by atoms with Crippen molar-refractivity contribution in [1.29, 1.82) is 0 Å². The average Bonchev–Trinajstić information content (AvgIpc) is 2.72. The third-order valence-corrected chi connectivity index (χ3v) is 5.10. The Morgan fingerprint density at radius 2 is 2.11 bits per heavy atom. The number of hydrogen-bond donors (Lipinski definition) is 1. The van der Waals surface area contributed by atoms with Crippen LogP contribution >= 0.6 is 23.6 Å². The van der Waals surface area contributed by atoms with Gasteiger partial charge in [0.25, 0.3) is 0 Å². The summed E-state index contributed by atoms with van der Waals surface area (Å²) in [6, 6.07) is 0. The second-order valence-electron chi connectivity index (χ2n) is 5.38. The number of anilines is 1. The van der Waals surface area contributed by atoms with Crippen molar-refractivity contribution in [2.75, 3.05) is 32.1 Å². The van der Waals surface area contributed by atoms with Gasteiger partial charge in [-0.1, -0.05) is 11.3 Å². The molecule has 0 amide bonds. The van der Waals surface area contributed by atoms with Crippen molar-refractivity contribution < 1.29 is 5.11 Å². The number of aliphatic hydroxyl groups is 1. The molecule has 5 nitrogen and oxygen atoms in total. The normalized spacial score (nSPS) is 19.6. The number of likely N-dealkylation sites (tertiary alicyclic amines) is 1. The smallest absolute Gasteiger partial charge is 0.206 e. The highest BCUT2D eigenvalue weighted by Gasteiger charge is 2.23. The van der Waals surface area contributed by atoms with Gasteiger partial charge < -0.3 is 10.0 Å². The van der Waals surface area contributed by atoms with E-state index in [9.17, 15) is 5.11 Å². The van der Waals surface area contributed by atoms with Crippen LogP contribution in [0.3, 0.4) is 0 Å². The van der Waals surface area contributed by atoms with Gasteiger partial charge in [-0.2, -0.15) is 0 Å². The standard InChI is InChI=1S/C12H22N4OS2/c1-9(17)10-4-6-15(7-5-10)8-16-12(18)19-11(13-16)14(2)3/h9-10,17H,4-8H2,1-3H3. The number of nitrogens with zero attached hydrogens (tertiary/aromatic N) is 4. The summed E-state index contributed by atoms with van der Waals surface area (Å²) in [5, 5.41) is 15.1. The molecule has 2 heterocycles. The largest absolute Gasteiger partial charge is 0.393 e. The Balaban J connectivity index is 1.94. The van der Waals surface area contributed by atoms with Crippen LogP contribution in [0.15, 0.2) is 0 Å².